The molecule has 0 radical (unpaired) electrons. The van der Waals surface area contributed by atoms with E-state index in [-0.39, 0.29) is 5.82 Å². The molecule has 2 nitrogen and oxygen atoms in total. The fraction of sp³-hybridized carbons (Fsp3) is 0.647. The third-order valence-electron chi connectivity index (χ3n) is 4.72. The smallest absolute Gasteiger partial charge is 0.123 e. The van der Waals surface area contributed by atoms with Crippen LogP contribution in [0.2, 0.25) is 0 Å². The Balaban J connectivity index is 1.47. The number of piperidine rings is 1. The summed E-state index contributed by atoms with van der Waals surface area (Å²) in [6.07, 6.45) is 6.77. The molecule has 0 aromatic heterocycles. The Labute approximate surface area is 121 Å². The van der Waals surface area contributed by atoms with Gasteiger partial charge in [-0.15, -0.1) is 0 Å². The van der Waals surface area contributed by atoms with Gasteiger partial charge in [-0.3, -0.25) is 4.90 Å². The van der Waals surface area contributed by atoms with Crippen molar-refractivity contribution in [3.05, 3.63) is 35.6 Å². The minimum Gasteiger partial charge on any atom is -0.312 e. The molecule has 0 bridgehead atoms. The standard InChI is InChI=1S/C17H25FN2/c18-16-7-2-6-15(10-16)12-20-9-3-8-17(13-20)19-11-14-4-1-5-14/h2,6-7,10,14,17,19H,1,3-5,8-9,11-13H2. The Bertz CT molecular complexity index is 431. The topological polar surface area (TPSA) is 15.3 Å². The summed E-state index contributed by atoms with van der Waals surface area (Å²) in [6.45, 7) is 4.30. The zero-order valence-corrected chi connectivity index (χ0v) is 12.2. The minimum absolute atomic E-state index is 0.126. The first-order chi connectivity index (χ1) is 9.79. The van der Waals surface area contributed by atoms with Crippen molar-refractivity contribution in [3.8, 4) is 0 Å². The van der Waals surface area contributed by atoms with E-state index in [1.54, 1.807) is 12.1 Å². The van der Waals surface area contributed by atoms with Gasteiger partial charge in [-0.2, -0.15) is 0 Å². The molecule has 0 amide bonds. The molecule has 1 N–H and O–H groups in total. The molecular weight excluding hydrogens is 251 g/mol. The van der Waals surface area contributed by atoms with Crippen LogP contribution in [0.5, 0.6) is 0 Å². The first-order valence-corrected chi connectivity index (χ1v) is 8.00. The molecule has 1 aliphatic heterocycles. The van der Waals surface area contributed by atoms with Gasteiger partial charge in [0.05, 0.1) is 0 Å². The zero-order valence-electron chi connectivity index (χ0n) is 12.2. The van der Waals surface area contributed by atoms with Gasteiger partial charge in [0.15, 0.2) is 0 Å². The largest absolute Gasteiger partial charge is 0.312 e. The summed E-state index contributed by atoms with van der Waals surface area (Å²) in [7, 11) is 0. The van der Waals surface area contributed by atoms with E-state index in [9.17, 15) is 4.39 Å². The van der Waals surface area contributed by atoms with Gasteiger partial charge in [0.25, 0.3) is 0 Å². The van der Waals surface area contributed by atoms with Crippen LogP contribution < -0.4 is 5.32 Å². The second kappa shape index (κ2) is 6.68. The molecule has 1 atom stereocenters. The van der Waals surface area contributed by atoms with Crippen LogP contribution in [-0.2, 0) is 6.54 Å². The first kappa shape index (κ1) is 14.0. The molecule has 110 valence electrons. The highest BCUT2D eigenvalue weighted by atomic mass is 19.1. The van der Waals surface area contributed by atoms with Crippen molar-refractivity contribution < 1.29 is 4.39 Å². The fourth-order valence-electron chi connectivity index (χ4n) is 3.29. The zero-order chi connectivity index (χ0) is 13.8. The van der Waals surface area contributed by atoms with E-state index < -0.39 is 0 Å². The maximum Gasteiger partial charge on any atom is 0.123 e. The fourth-order valence-corrected chi connectivity index (χ4v) is 3.29. The van der Waals surface area contributed by atoms with Crippen molar-refractivity contribution >= 4 is 0 Å². The van der Waals surface area contributed by atoms with Crippen molar-refractivity contribution in [2.75, 3.05) is 19.6 Å². The lowest BCUT2D eigenvalue weighted by Gasteiger charge is -2.35. The van der Waals surface area contributed by atoms with Crippen LogP contribution in [0.4, 0.5) is 4.39 Å². The van der Waals surface area contributed by atoms with Crippen LogP contribution in [0.15, 0.2) is 24.3 Å². The Morgan fingerprint density at radius 2 is 2.10 bits per heavy atom. The number of hydrogen-bond donors (Lipinski definition) is 1. The van der Waals surface area contributed by atoms with Crippen molar-refractivity contribution in [2.24, 2.45) is 5.92 Å². The predicted octanol–water partition coefficient (Wildman–Crippen LogP) is 3.18. The third kappa shape index (κ3) is 3.80. The number of hydrogen-bond acceptors (Lipinski definition) is 2. The van der Waals surface area contributed by atoms with Crippen LogP contribution in [-0.4, -0.2) is 30.6 Å². The molecule has 1 saturated carbocycles. The molecule has 2 fully saturated rings. The van der Waals surface area contributed by atoms with Gasteiger partial charge >= 0.3 is 0 Å². The van der Waals surface area contributed by atoms with Crippen LogP contribution in [0.1, 0.15) is 37.7 Å². The number of nitrogens with zero attached hydrogens (tertiary/aromatic N) is 1. The molecule has 3 rings (SSSR count). The summed E-state index contributed by atoms with van der Waals surface area (Å²) in [5.41, 5.74) is 1.09. The monoisotopic (exact) mass is 276 g/mol. The van der Waals surface area contributed by atoms with Gasteiger partial charge in [0.1, 0.15) is 5.82 Å². The van der Waals surface area contributed by atoms with Crippen molar-refractivity contribution in [1.82, 2.24) is 10.2 Å². The van der Waals surface area contributed by atoms with E-state index >= 15 is 0 Å². The van der Waals surface area contributed by atoms with E-state index in [1.807, 2.05) is 6.07 Å². The molecule has 1 unspecified atom stereocenters. The molecule has 1 aliphatic carbocycles. The summed E-state index contributed by atoms with van der Waals surface area (Å²) >= 11 is 0. The van der Waals surface area contributed by atoms with E-state index in [4.69, 9.17) is 0 Å². The van der Waals surface area contributed by atoms with Gasteiger partial charge < -0.3 is 5.32 Å². The van der Waals surface area contributed by atoms with Crippen molar-refractivity contribution in [1.29, 1.82) is 0 Å². The average molecular weight is 276 g/mol. The van der Waals surface area contributed by atoms with Gasteiger partial charge in [0.2, 0.25) is 0 Å². The molecule has 0 spiro atoms. The molecule has 1 aromatic rings. The highest BCUT2D eigenvalue weighted by Crippen LogP contribution is 2.25. The second-order valence-electron chi connectivity index (χ2n) is 6.41. The summed E-state index contributed by atoms with van der Waals surface area (Å²) in [6, 6.07) is 7.63. The van der Waals surface area contributed by atoms with E-state index in [2.05, 4.69) is 10.2 Å². The van der Waals surface area contributed by atoms with E-state index in [1.165, 1.54) is 44.7 Å². The molecule has 20 heavy (non-hydrogen) atoms. The first-order valence-electron chi connectivity index (χ1n) is 8.00. The SMILES string of the molecule is Fc1cccc(CN2CCCC(NCC3CCC3)C2)c1. The highest BCUT2D eigenvalue weighted by molar-refractivity contribution is 5.16. The Kier molecular flexibility index (Phi) is 4.69. The lowest BCUT2D eigenvalue weighted by Crippen LogP contribution is -2.47. The second-order valence-corrected chi connectivity index (χ2v) is 6.41. The predicted molar refractivity (Wildman–Crippen MR) is 80.0 cm³/mol. The number of rotatable bonds is 5. The molecular formula is C17H25FN2. The van der Waals surface area contributed by atoms with E-state index in [0.717, 1.165) is 31.1 Å². The summed E-state index contributed by atoms with van der Waals surface area (Å²) in [5.74, 6) is 0.799. The number of nitrogens with one attached hydrogen (secondary N) is 1. The quantitative estimate of drug-likeness (QED) is 0.888. The van der Waals surface area contributed by atoms with Crippen LogP contribution in [0.25, 0.3) is 0 Å². The lowest BCUT2D eigenvalue weighted by atomic mass is 9.85. The number of benzene rings is 1. The molecule has 3 heteroatoms. The summed E-state index contributed by atoms with van der Waals surface area (Å²) < 4.78 is 13.2. The van der Waals surface area contributed by atoms with Gasteiger partial charge in [0, 0.05) is 19.1 Å². The molecule has 1 heterocycles. The molecule has 1 saturated heterocycles. The summed E-state index contributed by atoms with van der Waals surface area (Å²) in [5, 5.41) is 3.73. The third-order valence-corrected chi connectivity index (χ3v) is 4.72. The van der Waals surface area contributed by atoms with E-state index in [0.29, 0.717) is 6.04 Å². The highest BCUT2D eigenvalue weighted by Gasteiger charge is 2.22. The normalized spacial score (nSPS) is 24.6. The maximum absolute atomic E-state index is 13.2. The van der Waals surface area contributed by atoms with Crippen molar-refractivity contribution in [2.45, 2.75) is 44.7 Å². The van der Waals surface area contributed by atoms with Gasteiger partial charge in [-0.05, 0) is 62.4 Å². The van der Waals surface area contributed by atoms with Crippen LogP contribution >= 0.6 is 0 Å². The Morgan fingerprint density at radius 3 is 2.85 bits per heavy atom. The summed E-state index contributed by atoms with van der Waals surface area (Å²) in [4.78, 5) is 2.46. The minimum atomic E-state index is -0.126. The average Bonchev–Trinajstić information content (AvgIpc) is 2.37. The lowest BCUT2D eigenvalue weighted by molar-refractivity contribution is 0.173. The Morgan fingerprint density at radius 1 is 1.20 bits per heavy atom. The number of likely N-dealkylation sites (tertiary alicyclic amines) is 1. The van der Waals surface area contributed by atoms with Gasteiger partial charge in [-0.25, -0.2) is 4.39 Å². The Hall–Kier alpha value is -0.930. The van der Waals surface area contributed by atoms with Crippen LogP contribution in [0, 0.1) is 11.7 Å². The number of halogens is 1. The molecule has 2 aliphatic rings. The van der Waals surface area contributed by atoms with Crippen molar-refractivity contribution in [3.63, 3.8) is 0 Å². The molecule has 1 aromatic carbocycles. The van der Waals surface area contributed by atoms with Gasteiger partial charge in [-0.1, -0.05) is 18.6 Å². The van der Waals surface area contributed by atoms with Crippen LogP contribution in [0.3, 0.4) is 0 Å². The maximum atomic E-state index is 13.2.